The van der Waals surface area contributed by atoms with Gasteiger partial charge in [0.05, 0.1) is 49.7 Å². The van der Waals surface area contributed by atoms with Crippen LogP contribution in [0.25, 0.3) is 89.7 Å². The van der Waals surface area contributed by atoms with Gasteiger partial charge in [-0.25, -0.2) is 9.97 Å². The maximum atomic E-state index is 6.25. The van der Waals surface area contributed by atoms with E-state index >= 15 is 0 Å². The van der Waals surface area contributed by atoms with Crippen LogP contribution in [0.2, 0.25) is 0 Å². The molecule has 8 bridgehead atoms. The van der Waals surface area contributed by atoms with Crippen molar-refractivity contribution in [3.8, 4) is 68.5 Å². The molecule has 65 heavy (non-hydrogen) atoms. The summed E-state index contributed by atoms with van der Waals surface area (Å²) in [5.74, 6) is 4.87. The summed E-state index contributed by atoms with van der Waals surface area (Å²) in [7, 11) is 0. The fraction of sp³-hybridized carbons (Fsp3) is 0.385. The number of rotatable bonds is 20. The Morgan fingerprint density at radius 2 is 0.646 bits per heavy atom. The van der Waals surface area contributed by atoms with Crippen LogP contribution < -0.4 is 28.9 Å². The van der Waals surface area contributed by atoms with Gasteiger partial charge in [0.15, 0.2) is 0 Å². The predicted octanol–water partition coefficient (Wildman–Crippen LogP) is 12.4. The minimum atomic E-state index is 0. The first-order chi connectivity index (χ1) is 31.5. The third-order valence-corrected chi connectivity index (χ3v) is 11.7. The number of ether oxygens (including phenoxy) is 4. The molecule has 0 atom stereocenters. The minimum Gasteiger partial charge on any atom is -0.494 e. The molecule has 0 N–H and O–H groups in total. The van der Waals surface area contributed by atoms with Gasteiger partial charge in [-0.15, -0.1) is 0 Å². The fourth-order valence-electron chi connectivity index (χ4n) is 8.11. The van der Waals surface area contributed by atoms with Crippen molar-refractivity contribution in [1.29, 1.82) is 0 Å². The molecule has 13 heteroatoms. The molecule has 337 valence electrons. The Morgan fingerprint density at radius 3 is 1.00 bits per heavy atom. The standard InChI is InChI=1S/C52H56N8O4.Co/c1-5-9-13-25-61-33-17-21-37-41(29-33)49-53-45(37)58-50-43-31-35(63-27-15-11-7-3)19-23-39(43)47(55-50)60-52-44-32-36(64-28-16-12-8-4)20-24-40(44)48(56-52)59-51-42-30-34(62-26-14-10-6-2)18-22-38(42)46(54-51)57-49;/h17-24,29-32H,5-16,25-28H2,1-4H3;/q-2;+2. The van der Waals surface area contributed by atoms with Gasteiger partial charge < -0.3 is 48.9 Å². The molecule has 0 unspecified atom stereocenters. The SMILES string of the molecule is CCCCCOc1ccc2c(c1)-c1nc-2nc2[n-]c(nc3nc(nc4[n-]c(n1)c1ccc(OCCCCC)cc41)-c1ccc(OCCCCC)cc1-3)c1ccc(OCCCCC)cc21.[Co+2]. The van der Waals surface area contributed by atoms with Crippen molar-refractivity contribution in [2.24, 2.45) is 0 Å². The summed E-state index contributed by atoms with van der Waals surface area (Å²) in [6, 6.07) is 23.9. The van der Waals surface area contributed by atoms with E-state index in [9.17, 15) is 0 Å². The Morgan fingerprint density at radius 1 is 0.338 bits per heavy atom. The quantitative estimate of drug-likeness (QED) is 0.0671. The number of fused-ring (bicyclic) bond motifs is 20. The molecule has 0 amide bonds. The molecule has 0 saturated carbocycles. The van der Waals surface area contributed by atoms with Crippen LogP contribution in [0.5, 0.6) is 23.0 Å². The Kier molecular flexibility index (Phi) is 14.9. The van der Waals surface area contributed by atoms with Crippen LogP contribution in [0.1, 0.15) is 105 Å². The number of benzene rings is 4. The van der Waals surface area contributed by atoms with Gasteiger partial charge in [-0.05, 0) is 120 Å². The van der Waals surface area contributed by atoms with Gasteiger partial charge in [-0.2, -0.15) is 0 Å². The first-order valence-corrected chi connectivity index (χ1v) is 23.3. The minimum absolute atomic E-state index is 0. The second-order valence-corrected chi connectivity index (χ2v) is 16.5. The molecule has 0 spiro atoms. The first-order valence-electron chi connectivity index (χ1n) is 23.3. The number of unbranched alkanes of at least 4 members (excludes halogenated alkanes) is 8. The van der Waals surface area contributed by atoms with E-state index in [1.54, 1.807) is 0 Å². The van der Waals surface area contributed by atoms with Crippen molar-refractivity contribution in [3.05, 3.63) is 72.8 Å². The van der Waals surface area contributed by atoms with E-state index in [1.807, 2.05) is 72.8 Å². The fourth-order valence-corrected chi connectivity index (χ4v) is 8.11. The molecule has 0 saturated heterocycles. The Hall–Kier alpha value is -6.05. The molecule has 3 aromatic heterocycles. The molecule has 2 aliphatic heterocycles. The van der Waals surface area contributed by atoms with Gasteiger partial charge in [-0.3, -0.25) is 0 Å². The van der Waals surface area contributed by atoms with Gasteiger partial charge >= 0.3 is 16.8 Å². The Balaban J connectivity index is 0.00000576. The summed E-state index contributed by atoms with van der Waals surface area (Å²) < 4.78 is 25.0. The van der Waals surface area contributed by atoms with Crippen LogP contribution in [0.15, 0.2) is 72.8 Å². The summed E-state index contributed by atoms with van der Waals surface area (Å²) in [5, 5.41) is 3.22. The molecular formula is C52H56CoN8O4. The van der Waals surface area contributed by atoms with Crippen LogP contribution in [-0.2, 0) is 16.8 Å². The summed E-state index contributed by atoms with van der Waals surface area (Å²) >= 11 is 0. The van der Waals surface area contributed by atoms with Crippen LogP contribution in [0, 0.1) is 0 Å². The number of hydrogen-bond acceptors (Lipinski definition) is 10. The molecule has 12 nitrogen and oxygen atoms in total. The third-order valence-electron chi connectivity index (χ3n) is 11.7. The number of aromatic nitrogens is 8. The maximum absolute atomic E-state index is 6.25. The monoisotopic (exact) mass is 915 g/mol. The van der Waals surface area contributed by atoms with Crippen molar-refractivity contribution in [1.82, 2.24) is 39.9 Å². The second kappa shape index (κ2) is 21.3. The van der Waals surface area contributed by atoms with Gasteiger partial charge in [0.2, 0.25) is 0 Å². The zero-order valence-electron chi connectivity index (χ0n) is 37.8. The molecule has 5 heterocycles. The van der Waals surface area contributed by atoms with E-state index in [4.69, 9.17) is 58.8 Å². The zero-order valence-corrected chi connectivity index (χ0v) is 38.8. The second-order valence-electron chi connectivity index (χ2n) is 16.5. The van der Waals surface area contributed by atoms with Gasteiger partial charge in [0.1, 0.15) is 23.0 Å². The van der Waals surface area contributed by atoms with Gasteiger partial charge in [0.25, 0.3) is 0 Å². The smallest absolute Gasteiger partial charge is 0.494 e. The van der Waals surface area contributed by atoms with E-state index in [-0.39, 0.29) is 16.8 Å². The van der Waals surface area contributed by atoms with Gasteiger partial charge in [-0.1, -0.05) is 79.1 Å². The molecule has 7 aromatic rings. The summed E-state index contributed by atoms with van der Waals surface area (Å²) in [5.41, 5.74) is 5.11. The van der Waals surface area contributed by atoms with Crippen LogP contribution >= 0.6 is 0 Å². The molecule has 2 aliphatic rings. The van der Waals surface area contributed by atoms with E-state index < -0.39 is 0 Å². The average molecular weight is 916 g/mol. The Labute approximate surface area is 390 Å². The van der Waals surface area contributed by atoms with Crippen molar-refractivity contribution >= 4 is 44.1 Å². The topological polar surface area (TPSA) is 142 Å². The Bertz CT molecular complexity index is 2750. The number of hydrogen-bond donors (Lipinski definition) is 0. The molecule has 0 aliphatic carbocycles. The molecular weight excluding hydrogens is 860 g/mol. The largest absolute Gasteiger partial charge is 2.00 e. The zero-order chi connectivity index (χ0) is 43.8. The van der Waals surface area contributed by atoms with E-state index in [2.05, 4.69) is 27.7 Å². The van der Waals surface area contributed by atoms with Crippen LogP contribution in [0.4, 0.5) is 0 Å². The molecule has 0 fully saturated rings. The van der Waals surface area contributed by atoms with Crippen molar-refractivity contribution in [2.75, 3.05) is 26.4 Å². The van der Waals surface area contributed by atoms with E-state index in [0.717, 1.165) is 144 Å². The number of nitrogens with zero attached hydrogens (tertiary/aromatic N) is 8. The van der Waals surface area contributed by atoms with Crippen molar-refractivity contribution < 1.29 is 35.7 Å². The van der Waals surface area contributed by atoms with E-state index in [0.29, 0.717) is 72.3 Å². The normalized spacial score (nSPS) is 11.6. The molecule has 4 aromatic carbocycles. The maximum Gasteiger partial charge on any atom is 2.00 e. The van der Waals surface area contributed by atoms with Crippen molar-refractivity contribution in [3.63, 3.8) is 0 Å². The summed E-state index contributed by atoms with van der Waals surface area (Å²) in [6.45, 7) is 11.2. The predicted molar refractivity (Wildman–Crippen MR) is 254 cm³/mol. The molecule has 1 radical (unpaired) electrons. The summed E-state index contributed by atoms with van der Waals surface area (Å²) in [4.78, 5) is 41.2. The van der Waals surface area contributed by atoms with Crippen LogP contribution in [0.3, 0.4) is 0 Å². The van der Waals surface area contributed by atoms with Crippen LogP contribution in [-0.4, -0.2) is 56.3 Å². The van der Waals surface area contributed by atoms with E-state index in [1.165, 1.54) is 0 Å². The third kappa shape index (κ3) is 10.1. The molecule has 9 rings (SSSR count). The first kappa shape index (κ1) is 45.5. The average Bonchev–Trinajstić information content (AvgIpc) is 4.04. The van der Waals surface area contributed by atoms with Gasteiger partial charge in [0, 0.05) is 44.8 Å². The van der Waals surface area contributed by atoms with Crippen molar-refractivity contribution in [2.45, 2.75) is 105 Å². The summed E-state index contributed by atoms with van der Waals surface area (Å²) in [6.07, 6.45) is 12.8.